The monoisotopic (exact) mass is 926 g/mol. The summed E-state index contributed by atoms with van der Waals surface area (Å²) < 4.78 is 0. The van der Waals surface area contributed by atoms with Gasteiger partial charge in [-0.25, -0.2) is 0 Å². The van der Waals surface area contributed by atoms with Crippen molar-refractivity contribution in [3.05, 3.63) is 325 Å². The van der Waals surface area contributed by atoms with Crippen molar-refractivity contribution in [3.63, 3.8) is 0 Å². The number of benzene rings is 10. The number of anilines is 6. The molecule has 348 valence electrons. The molecule has 0 heterocycles. The summed E-state index contributed by atoms with van der Waals surface area (Å²) in [7, 11) is 0. The molecule has 0 unspecified atom stereocenters. The molecular formula is C70H58N2. The Kier molecular flexibility index (Phi) is 16.2. The Morgan fingerprint density at radius 1 is 0.236 bits per heavy atom. The van der Waals surface area contributed by atoms with E-state index in [1.807, 2.05) is 12.1 Å². The molecule has 0 N–H and O–H groups in total. The molecule has 0 fully saturated rings. The van der Waals surface area contributed by atoms with Crippen LogP contribution in [-0.2, 0) is 0 Å². The standard InChI is InChI=1S/2C35H29N/c2*1-28-20-24-32(25-21-28)36(35-19-11-10-18-34(35)31-16-6-3-7-17-31)33-26-22-30(23-27-33)15-9-8-14-29-12-4-2-5-13-29/h2*2-27H,1H3/b2*14-8+,15-9+. The first-order valence-corrected chi connectivity index (χ1v) is 24.6. The van der Waals surface area contributed by atoms with Gasteiger partial charge in [0.25, 0.3) is 0 Å². The minimum absolute atomic E-state index is 1.12. The van der Waals surface area contributed by atoms with Crippen LogP contribution in [0.25, 0.3) is 46.6 Å². The van der Waals surface area contributed by atoms with E-state index >= 15 is 0 Å². The SMILES string of the molecule is Cc1ccc(N(c2ccc(/C=C/C=C/c3ccccc3)cc2)c2ccccc2-c2ccccc2)cc1.Cc1ccc(N(c2ccc(/C=C/C=C/c3ccccc3)cc2)c2ccccc2-c2ccccc2)cc1. The van der Waals surface area contributed by atoms with E-state index in [0.29, 0.717) is 0 Å². The Bertz CT molecular complexity index is 3120. The summed E-state index contributed by atoms with van der Waals surface area (Å²) in [6, 6.07) is 94.0. The summed E-state index contributed by atoms with van der Waals surface area (Å²) in [6.07, 6.45) is 16.8. The van der Waals surface area contributed by atoms with Crippen molar-refractivity contribution in [1.29, 1.82) is 0 Å². The summed E-state index contributed by atoms with van der Waals surface area (Å²) in [5.74, 6) is 0. The van der Waals surface area contributed by atoms with Crippen molar-refractivity contribution in [3.8, 4) is 22.3 Å². The van der Waals surface area contributed by atoms with Crippen LogP contribution in [-0.4, -0.2) is 0 Å². The van der Waals surface area contributed by atoms with Crippen molar-refractivity contribution < 1.29 is 0 Å². The van der Waals surface area contributed by atoms with E-state index in [2.05, 4.69) is 327 Å². The van der Waals surface area contributed by atoms with Crippen molar-refractivity contribution in [2.75, 3.05) is 9.80 Å². The van der Waals surface area contributed by atoms with E-state index < -0.39 is 0 Å². The lowest BCUT2D eigenvalue weighted by molar-refractivity contribution is 1.27. The van der Waals surface area contributed by atoms with E-state index in [-0.39, 0.29) is 0 Å². The van der Waals surface area contributed by atoms with Gasteiger partial charge >= 0.3 is 0 Å². The maximum absolute atomic E-state index is 2.34. The summed E-state index contributed by atoms with van der Waals surface area (Å²) in [6.45, 7) is 4.25. The number of aryl methyl sites for hydroxylation is 2. The molecular weight excluding hydrogens is 869 g/mol. The second kappa shape index (κ2) is 24.4. The van der Waals surface area contributed by atoms with E-state index in [0.717, 1.165) is 45.3 Å². The van der Waals surface area contributed by atoms with Crippen LogP contribution in [0.5, 0.6) is 0 Å². The molecule has 0 radical (unpaired) electrons. The largest absolute Gasteiger partial charge is 0.310 e. The van der Waals surface area contributed by atoms with Crippen LogP contribution >= 0.6 is 0 Å². The molecule has 0 aliphatic carbocycles. The molecule has 0 amide bonds. The fraction of sp³-hybridized carbons (Fsp3) is 0.0286. The molecule has 0 saturated heterocycles. The highest BCUT2D eigenvalue weighted by molar-refractivity contribution is 5.89. The average Bonchev–Trinajstić information content (AvgIpc) is 3.44. The van der Waals surface area contributed by atoms with Crippen molar-refractivity contribution in [1.82, 2.24) is 0 Å². The Balaban J connectivity index is 0.000000178. The van der Waals surface area contributed by atoms with Crippen LogP contribution in [0.2, 0.25) is 0 Å². The molecule has 10 aromatic carbocycles. The number of allylic oxidation sites excluding steroid dienone is 4. The van der Waals surface area contributed by atoms with Crippen LogP contribution in [0.15, 0.2) is 291 Å². The Labute approximate surface area is 426 Å². The van der Waals surface area contributed by atoms with Crippen LogP contribution in [0, 0.1) is 13.8 Å². The maximum Gasteiger partial charge on any atom is 0.0540 e. The highest BCUT2D eigenvalue weighted by atomic mass is 15.1. The van der Waals surface area contributed by atoms with Gasteiger partial charge in [0.2, 0.25) is 0 Å². The Morgan fingerprint density at radius 2 is 0.486 bits per heavy atom. The highest BCUT2D eigenvalue weighted by Gasteiger charge is 2.18. The molecule has 2 heteroatoms. The molecule has 10 aromatic rings. The molecule has 0 saturated carbocycles. The fourth-order valence-electron chi connectivity index (χ4n) is 8.57. The topological polar surface area (TPSA) is 6.48 Å². The van der Waals surface area contributed by atoms with Gasteiger partial charge < -0.3 is 9.80 Å². The number of nitrogens with zero attached hydrogens (tertiary/aromatic N) is 2. The Hall–Kier alpha value is -9.24. The lowest BCUT2D eigenvalue weighted by Gasteiger charge is -2.28. The van der Waals surface area contributed by atoms with Gasteiger partial charge in [-0.1, -0.05) is 266 Å². The number of hydrogen-bond acceptors (Lipinski definition) is 2. The zero-order chi connectivity index (χ0) is 49.2. The van der Waals surface area contributed by atoms with Crippen LogP contribution < -0.4 is 9.80 Å². The number of para-hydroxylation sites is 2. The third-order valence-corrected chi connectivity index (χ3v) is 12.3. The third kappa shape index (κ3) is 12.7. The minimum Gasteiger partial charge on any atom is -0.310 e. The van der Waals surface area contributed by atoms with Crippen LogP contribution in [0.4, 0.5) is 34.1 Å². The molecule has 0 spiro atoms. The molecule has 0 aliphatic heterocycles. The first kappa shape index (κ1) is 47.8. The Morgan fingerprint density at radius 3 is 0.806 bits per heavy atom. The fourth-order valence-corrected chi connectivity index (χ4v) is 8.57. The molecule has 0 bridgehead atoms. The van der Waals surface area contributed by atoms with E-state index in [1.165, 1.54) is 44.5 Å². The lowest BCUT2D eigenvalue weighted by Crippen LogP contribution is -2.11. The van der Waals surface area contributed by atoms with Gasteiger partial charge in [0.05, 0.1) is 11.4 Å². The quantitative estimate of drug-likeness (QED) is 0.100. The van der Waals surface area contributed by atoms with Crippen molar-refractivity contribution in [2.45, 2.75) is 13.8 Å². The normalized spacial score (nSPS) is 11.2. The zero-order valence-electron chi connectivity index (χ0n) is 40.9. The predicted octanol–water partition coefficient (Wildman–Crippen LogP) is 19.7. The van der Waals surface area contributed by atoms with E-state index in [4.69, 9.17) is 0 Å². The predicted molar refractivity (Wildman–Crippen MR) is 312 cm³/mol. The molecule has 0 atom stereocenters. The second-order valence-corrected chi connectivity index (χ2v) is 17.5. The van der Waals surface area contributed by atoms with E-state index in [1.54, 1.807) is 0 Å². The summed E-state index contributed by atoms with van der Waals surface area (Å²) in [5.41, 5.74) is 18.9. The van der Waals surface area contributed by atoms with E-state index in [9.17, 15) is 0 Å². The lowest BCUT2D eigenvalue weighted by atomic mass is 10.0. The van der Waals surface area contributed by atoms with Crippen molar-refractivity contribution in [2.24, 2.45) is 0 Å². The molecule has 0 aliphatic rings. The first-order chi connectivity index (χ1) is 35.6. The summed E-state index contributed by atoms with van der Waals surface area (Å²) in [5, 5.41) is 0. The van der Waals surface area contributed by atoms with Gasteiger partial charge in [-0.15, -0.1) is 0 Å². The second-order valence-electron chi connectivity index (χ2n) is 17.5. The molecule has 10 rings (SSSR count). The zero-order valence-corrected chi connectivity index (χ0v) is 40.9. The van der Waals surface area contributed by atoms with Crippen LogP contribution in [0.1, 0.15) is 33.4 Å². The molecule has 0 aromatic heterocycles. The van der Waals surface area contributed by atoms with Gasteiger partial charge in [-0.05, 0) is 108 Å². The minimum atomic E-state index is 1.12. The van der Waals surface area contributed by atoms with Gasteiger partial charge in [0.15, 0.2) is 0 Å². The molecule has 72 heavy (non-hydrogen) atoms. The summed E-state index contributed by atoms with van der Waals surface area (Å²) >= 11 is 0. The smallest absolute Gasteiger partial charge is 0.0540 e. The van der Waals surface area contributed by atoms with Gasteiger partial charge in [-0.3, -0.25) is 0 Å². The summed E-state index contributed by atoms with van der Waals surface area (Å²) in [4.78, 5) is 4.68. The number of hydrogen-bond donors (Lipinski definition) is 0. The van der Waals surface area contributed by atoms with Crippen LogP contribution in [0.3, 0.4) is 0 Å². The van der Waals surface area contributed by atoms with Gasteiger partial charge in [0, 0.05) is 33.9 Å². The highest BCUT2D eigenvalue weighted by Crippen LogP contribution is 2.42. The third-order valence-electron chi connectivity index (χ3n) is 12.3. The molecule has 2 nitrogen and oxygen atoms in total. The van der Waals surface area contributed by atoms with Gasteiger partial charge in [-0.2, -0.15) is 0 Å². The number of rotatable bonds is 14. The van der Waals surface area contributed by atoms with Gasteiger partial charge in [0.1, 0.15) is 0 Å². The maximum atomic E-state index is 2.34. The first-order valence-electron chi connectivity index (χ1n) is 24.6. The average molecular weight is 927 g/mol. The van der Waals surface area contributed by atoms with Crippen molar-refractivity contribution >= 4 is 58.4 Å².